The van der Waals surface area contributed by atoms with Gasteiger partial charge in [-0.05, 0) is 46.6 Å². The molecular formula is C14H30N2O. The van der Waals surface area contributed by atoms with Gasteiger partial charge < -0.3 is 10.1 Å². The molecular weight excluding hydrogens is 212 g/mol. The molecule has 0 aromatic heterocycles. The van der Waals surface area contributed by atoms with Crippen LogP contribution in [-0.4, -0.2) is 49.3 Å². The lowest BCUT2D eigenvalue weighted by Gasteiger charge is -2.38. The Kier molecular flexibility index (Phi) is 5.90. The van der Waals surface area contributed by atoms with Gasteiger partial charge in [-0.25, -0.2) is 0 Å². The van der Waals surface area contributed by atoms with E-state index in [1.807, 2.05) is 7.11 Å². The van der Waals surface area contributed by atoms with Crippen molar-refractivity contribution in [3.05, 3.63) is 0 Å². The van der Waals surface area contributed by atoms with Crippen LogP contribution in [0.5, 0.6) is 0 Å². The Morgan fingerprint density at radius 1 is 1.41 bits per heavy atom. The van der Waals surface area contributed by atoms with E-state index in [1.165, 1.54) is 25.8 Å². The molecule has 0 saturated carbocycles. The molecule has 1 saturated heterocycles. The third-order valence-corrected chi connectivity index (χ3v) is 3.60. The highest BCUT2D eigenvalue weighted by molar-refractivity contribution is 4.82. The Labute approximate surface area is 107 Å². The van der Waals surface area contributed by atoms with E-state index in [0.29, 0.717) is 12.1 Å². The molecule has 1 fully saturated rings. The maximum atomic E-state index is 5.50. The summed E-state index contributed by atoms with van der Waals surface area (Å²) >= 11 is 0. The Balaban J connectivity index is 2.43. The molecule has 1 aliphatic heterocycles. The summed E-state index contributed by atoms with van der Waals surface area (Å²) in [5.41, 5.74) is 0.212. The van der Waals surface area contributed by atoms with E-state index in [0.717, 1.165) is 13.1 Å². The van der Waals surface area contributed by atoms with Crippen molar-refractivity contribution in [1.29, 1.82) is 0 Å². The van der Waals surface area contributed by atoms with Crippen LogP contribution in [0.15, 0.2) is 0 Å². The van der Waals surface area contributed by atoms with E-state index in [4.69, 9.17) is 4.74 Å². The Bertz CT molecular complexity index is 213. The number of nitrogens with one attached hydrogen (secondary N) is 1. The second kappa shape index (κ2) is 6.72. The van der Waals surface area contributed by atoms with Crippen molar-refractivity contribution in [2.45, 2.75) is 64.6 Å². The number of piperidine rings is 1. The fourth-order valence-corrected chi connectivity index (χ4v) is 2.45. The zero-order valence-electron chi connectivity index (χ0n) is 12.3. The molecule has 0 aromatic carbocycles. The summed E-state index contributed by atoms with van der Waals surface area (Å²) in [7, 11) is 1.84. The number of rotatable bonds is 5. The molecule has 1 heterocycles. The molecule has 2 atom stereocenters. The first-order valence-electron chi connectivity index (χ1n) is 6.98. The first-order chi connectivity index (χ1) is 7.96. The van der Waals surface area contributed by atoms with Crippen molar-refractivity contribution in [3.8, 4) is 0 Å². The molecule has 2 unspecified atom stereocenters. The quantitative estimate of drug-likeness (QED) is 0.800. The summed E-state index contributed by atoms with van der Waals surface area (Å²) in [6, 6.07) is 0.646. The van der Waals surface area contributed by atoms with Gasteiger partial charge in [-0.15, -0.1) is 0 Å². The van der Waals surface area contributed by atoms with E-state index in [1.54, 1.807) is 0 Å². The maximum Gasteiger partial charge on any atom is 0.0698 e. The minimum absolute atomic E-state index is 0.212. The summed E-state index contributed by atoms with van der Waals surface area (Å²) in [4.78, 5) is 2.59. The Hall–Kier alpha value is -0.120. The molecule has 0 bridgehead atoms. The van der Waals surface area contributed by atoms with E-state index in [-0.39, 0.29) is 5.54 Å². The Morgan fingerprint density at radius 3 is 2.65 bits per heavy atom. The summed E-state index contributed by atoms with van der Waals surface area (Å²) in [6.07, 6.45) is 4.13. The van der Waals surface area contributed by atoms with Crippen LogP contribution in [0.3, 0.4) is 0 Å². The van der Waals surface area contributed by atoms with Crippen molar-refractivity contribution in [2.24, 2.45) is 0 Å². The molecule has 3 nitrogen and oxygen atoms in total. The lowest BCUT2D eigenvalue weighted by molar-refractivity contribution is 0.0129. The van der Waals surface area contributed by atoms with Gasteiger partial charge >= 0.3 is 0 Å². The van der Waals surface area contributed by atoms with Crippen molar-refractivity contribution < 1.29 is 4.74 Å². The van der Waals surface area contributed by atoms with Gasteiger partial charge in [-0.3, -0.25) is 4.90 Å². The van der Waals surface area contributed by atoms with Crippen LogP contribution in [-0.2, 0) is 4.74 Å². The van der Waals surface area contributed by atoms with Crippen molar-refractivity contribution in [3.63, 3.8) is 0 Å². The first-order valence-corrected chi connectivity index (χ1v) is 6.98. The van der Waals surface area contributed by atoms with Crippen molar-refractivity contribution in [2.75, 3.05) is 26.7 Å². The molecule has 0 aliphatic carbocycles. The third kappa shape index (κ3) is 5.36. The number of methoxy groups -OCH3 is 1. The van der Waals surface area contributed by atoms with Gasteiger partial charge in [0.15, 0.2) is 0 Å². The highest BCUT2D eigenvalue weighted by Gasteiger charge is 2.25. The van der Waals surface area contributed by atoms with Gasteiger partial charge in [0, 0.05) is 31.8 Å². The molecule has 0 spiro atoms. The summed E-state index contributed by atoms with van der Waals surface area (Å²) < 4.78 is 5.50. The third-order valence-electron chi connectivity index (χ3n) is 3.60. The van der Waals surface area contributed by atoms with E-state index < -0.39 is 0 Å². The first kappa shape index (κ1) is 14.9. The predicted octanol–water partition coefficient (Wildman–Crippen LogP) is 2.26. The summed E-state index contributed by atoms with van der Waals surface area (Å²) in [6.45, 7) is 12.4. The van der Waals surface area contributed by atoms with Crippen LogP contribution in [0.1, 0.15) is 47.0 Å². The predicted molar refractivity (Wildman–Crippen MR) is 73.4 cm³/mol. The minimum atomic E-state index is 0.212. The fraction of sp³-hybridized carbons (Fsp3) is 1.00. The second-order valence-electron chi connectivity index (χ2n) is 6.19. The molecule has 0 radical (unpaired) electrons. The van der Waals surface area contributed by atoms with Crippen molar-refractivity contribution >= 4 is 0 Å². The van der Waals surface area contributed by atoms with E-state index in [9.17, 15) is 0 Å². The van der Waals surface area contributed by atoms with Gasteiger partial charge in [0.1, 0.15) is 0 Å². The van der Waals surface area contributed by atoms with Crippen LogP contribution in [0.2, 0.25) is 0 Å². The summed E-state index contributed by atoms with van der Waals surface area (Å²) in [5, 5.41) is 3.62. The number of likely N-dealkylation sites (tertiary alicyclic amines) is 1. The zero-order chi connectivity index (χ0) is 12.9. The molecule has 0 amide bonds. The topological polar surface area (TPSA) is 24.5 Å². The molecule has 1 rings (SSSR count). The molecule has 1 aliphatic rings. The molecule has 17 heavy (non-hydrogen) atoms. The van der Waals surface area contributed by atoms with Crippen LogP contribution < -0.4 is 5.32 Å². The van der Waals surface area contributed by atoms with Gasteiger partial charge in [-0.1, -0.05) is 6.92 Å². The van der Waals surface area contributed by atoms with Gasteiger partial charge in [0.25, 0.3) is 0 Å². The Morgan fingerprint density at radius 2 is 2.12 bits per heavy atom. The summed E-state index contributed by atoms with van der Waals surface area (Å²) in [5.74, 6) is 0. The van der Waals surface area contributed by atoms with Crippen LogP contribution in [0.25, 0.3) is 0 Å². The number of hydrogen-bond donors (Lipinski definition) is 1. The van der Waals surface area contributed by atoms with E-state index >= 15 is 0 Å². The fourth-order valence-electron chi connectivity index (χ4n) is 2.45. The molecule has 0 aromatic rings. The zero-order valence-corrected chi connectivity index (χ0v) is 12.3. The van der Waals surface area contributed by atoms with Gasteiger partial charge in [0.2, 0.25) is 0 Å². The monoisotopic (exact) mass is 242 g/mol. The minimum Gasteiger partial charge on any atom is -0.380 e. The average Bonchev–Trinajstić information content (AvgIpc) is 2.29. The SMILES string of the molecule is CCC(CNC(C)(C)C)N1CCCC(OC)C1. The smallest absolute Gasteiger partial charge is 0.0698 e. The van der Waals surface area contributed by atoms with Crippen LogP contribution in [0.4, 0.5) is 0 Å². The average molecular weight is 242 g/mol. The number of ether oxygens (including phenoxy) is 1. The highest BCUT2D eigenvalue weighted by Crippen LogP contribution is 2.17. The second-order valence-corrected chi connectivity index (χ2v) is 6.19. The lowest BCUT2D eigenvalue weighted by atomic mass is 10.0. The van der Waals surface area contributed by atoms with Gasteiger partial charge in [0.05, 0.1) is 6.10 Å². The van der Waals surface area contributed by atoms with Crippen LogP contribution >= 0.6 is 0 Å². The van der Waals surface area contributed by atoms with E-state index in [2.05, 4.69) is 37.9 Å². The molecule has 1 N–H and O–H groups in total. The largest absolute Gasteiger partial charge is 0.380 e. The molecule has 102 valence electrons. The van der Waals surface area contributed by atoms with Crippen molar-refractivity contribution in [1.82, 2.24) is 10.2 Å². The number of hydrogen-bond acceptors (Lipinski definition) is 3. The van der Waals surface area contributed by atoms with Crippen LogP contribution in [0, 0.1) is 0 Å². The maximum absolute atomic E-state index is 5.50. The standard InChI is InChI=1S/C14H30N2O/c1-6-12(10-15-14(2,3)4)16-9-7-8-13(11-16)17-5/h12-13,15H,6-11H2,1-5H3. The lowest BCUT2D eigenvalue weighted by Crippen LogP contribution is -2.51. The normalized spacial score (nSPS) is 24.9. The number of nitrogens with zero attached hydrogens (tertiary/aromatic N) is 1. The highest BCUT2D eigenvalue weighted by atomic mass is 16.5. The van der Waals surface area contributed by atoms with Gasteiger partial charge in [-0.2, -0.15) is 0 Å². The molecule has 3 heteroatoms.